The van der Waals surface area contributed by atoms with E-state index in [-0.39, 0.29) is 17.5 Å². The van der Waals surface area contributed by atoms with Gasteiger partial charge in [0.2, 0.25) is 0 Å². The topological polar surface area (TPSA) is 74.0 Å². The van der Waals surface area contributed by atoms with Gasteiger partial charge in [0.25, 0.3) is 0 Å². The molecule has 1 atom stereocenters. The zero-order valence-corrected chi connectivity index (χ0v) is 16.7. The van der Waals surface area contributed by atoms with Crippen LogP contribution in [-0.4, -0.2) is 33.5 Å². The van der Waals surface area contributed by atoms with Crippen LogP contribution in [0, 0.1) is 0 Å². The van der Waals surface area contributed by atoms with Gasteiger partial charge in [0.05, 0.1) is 27.8 Å². The van der Waals surface area contributed by atoms with E-state index in [4.69, 9.17) is 9.84 Å². The van der Waals surface area contributed by atoms with Gasteiger partial charge in [-0.3, -0.25) is 9.36 Å². The molecule has 3 aromatic heterocycles. The number of nitrogens with zero attached hydrogens (tertiary/aromatic N) is 4. The summed E-state index contributed by atoms with van der Waals surface area (Å²) >= 11 is 1.24. The van der Waals surface area contributed by atoms with Crippen molar-refractivity contribution in [1.29, 1.82) is 0 Å². The van der Waals surface area contributed by atoms with E-state index in [1.807, 2.05) is 43.6 Å². The normalized spacial score (nSPS) is 12.4. The molecular weight excluding hydrogens is 374 g/mol. The predicted octanol–water partition coefficient (Wildman–Crippen LogP) is 3.44. The molecule has 0 radical (unpaired) electrons. The summed E-state index contributed by atoms with van der Waals surface area (Å²) in [6, 6.07) is 12.0. The molecule has 0 aliphatic heterocycles. The third-order valence-electron chi connectivity index (χ3n) is 4.78. The van der Waals surface area contributed by atoms with E-state index in [0.29, 0.717) is 0 Å². The lowest BCUT2D eigenvalue weighted by Crippen LogP contribution is -2.13. The van der Waals surface area contributed by atoms with Gasteiger partial charge in [-0.05, 0) is 35.9 Å². The first-order valence-corrected chi connectivity index (χ1v) is 9.74. The largest absolute Gasteiger partial charge is 0.387 e. The number of pyridine rings is 1. The van der Waals surface area contributed by atoms with E-state index in [0.717, 1.165) is 33.0 Å². The Hall–Kier alpha value is -2.97. The molecular formula is C20H21N5O2S. The van der Waals surface area contributed by atoms with Crippen LogP contribution in [0.5, 0.6) is 0 Å². The molecule has 0 aliphatic carbocycles. The van der Waals surface area contributed by atoms with Crippen LogP contribution >= 0.6 is 11.3 Å². The molecule has 1 aromatic carbocycles. The van der Waals surface area contributed by atoms with Crippen molar-refractivity contribution >= 4 is 27.2 Å². The zero-order chi connectivity index (χ0) is 19.7. The Balaban J connectivity index is 1.63. The van der Waals surface area contributed by atoms with Crippen LogP contribution in [0.25, 0.3) is 16.0 Å². The van der Waals surface area contributed by atoms with Crippen LogP contribution < -0.4 is 10.2 Å². The number of thiazole rings is 1. The van der Waals surface area contributed by atoms with Crippen molar-refractivity contribution in [3.05, 3.63) is 69.7 Å². The summed E-state index contributed by atoms with van der Waals surface area (Å²) in [4.78, 5) is 16.6. The van der Waals surface area contributed by atoms with Gasteiger partial charge < -0.3 is 10.1 Å². The van der Waals surface area contributed by atoms with Gasteiger partial charge in [-0.1, -0.05) is 24.3 Å². The molecule has 0 amide bonds. The fraction of sp³-hybridized carbons (Fsp3) is 0.250. The minimum Gasteiger partial charge on any atom is -0.387 e. The minimum atomic E-state index is -0.0120. The lowest BCUT2D eigenvalue weighted by molar-refractivity contribution is 0.133. The Bertz CT molecular complexity index is 1160. The number of aromatic nitrogens is 4. The number of hydrogen-bond acceptors (Lipinski definition) is 6. The van der Waals surface area contributed by atoms with Crippen molar-refractivity contribution in [1.82, 2.24) is 19.3 Å². The smallest absolute Gasteiger partial charge is 0.310 e. The number of hydrogen-bond donors (Lipinski definition) is 1. The van der Waals surface area contributed by atoms with Gasteiger partial charge in [-0.2, -0.15) is 5.10 Å². The summed E-state index contributed by atoms with van der Waals surface area (Å²) < 4.78 is 9.50. The van der Waals surface area contributed by atoms with Crippen molar-refractivity contribution in [3.63, 3.8) is 0 Å². The first-order valence-electron chi connectivity index (χ1n) is 8.92. The van der Waals surface area contributed by atoms with Gasteiger partial charge in [0.15, 0.2) is 5.82 Å². The van der Waals surface area contributed by atoms with E-state index >= 15 is 0 Å². The third-order valence-corrected chi connectivity index (χ3v) is 5.72. The number of benzene rings is 1. The number of ether oxygens (including phenoxy) is 1. The van der Waals surface area contributed by atoms with Gasteiger partial charge in [-0.25, -0.2) is 9.67 Å². The molecule has 3 heterocycles. The Morgan fingerprint density at radius 3 is 2.82 bits per heavy atom. The maximum Gasteiger partial charge on any atom is 0.310 e. The van der Waals surface area contributed by atoms with E-state index in [2.05, 4.69) is 23.3 Å². The monoisotopic (exact) mass is 395 g/mol. The number of fused-ring (bicyclic) bond motifs is 1. The van der Waals surface area contributed by atoms with Crippen LogP contribution in [0.3, 0.4) is 0 Å². The molecule has 8 heteroatoms. The summed E-state index contributed by atoms with van der Waals surface area (Å²) in [6.07, 6.45) is 3.69. The molecule has 0 spiro atoms. The van der Waals surface area contributed by atoms with Crippen LogP contribution in [0.2, 0.25) is 0 Å². The molecule has 0 bridgehead atoms. The van der Waals surface area contributed by atoms with Gasteiger partial charge >= 0.3 is 4.87 Å². The van der Waals surface area contributed by atoms with Crippen molar-refractivity contribution in [2.24, 2.45) is 0 Å². The second kappa shape index (κ2) is 7.57. The molecule has 1 unspecified atom stereocenters. The van der Waals surface area contributed by atoms with Crippen molar-refractivity contribution < 1.29 is 4.74 Å². The molecule has 0 fully saturated rings. The van der Waals surface area contributed by atoms with Crippen LogP contribution in [-0.2, 0) is 11.5 Å². The summed E-state index contributed by atoms with van der Waals surface area (Å²) in [6.45, 7) is 2.37. The van der Waals surface area contributed by atoms with E-state index in [1.54, 1.807) is 22.6 Å². The zero-order valence-electron chi connectivity index (χ0n) is 15.9. The van der Waals surface area contributed by atoms with Crippen molar-refractivity contribution in [3.8, 4) is 5.82 Å². The van der Waals surface area contributed by atoms with E-state index < -0.39 is 0 Å². The Morgan fingerprint density at radius 2 is 2.11 bits per heavy atom. The minimum absolute atomic E-state index is 0.0120. The molecule has 0 aliphatic rings. The van der Waals surface area contributed by atoms with Crippen LogP contribution in [0.4, 0.5) is 5.69 Å². The summed E-state index contributed by atoms with van der Waals surface area (Å²) in [5.74, 6) is 0.859. The number of nitrogens with one attached hydrogen (secondary N) is 1. The molecule has 7 nitrogen and oxygen atoms in total. The molecule has 1 N–H and O–H groups in total. The average molecular weight is 395 g/mol. The molecule has 4 rings (SSSR count). The Morgan fingerprint density at radius 1 is 1.25 bits per heavy atom. The first-order chi connectivity index (χ1) is 13.6. The van der Waals surface area contributed by atoms with Crippen molar-refractivity contribution in [2.45, 2.75) is 19.6 Å². The molecule has 0 saturated heterocycles. The van der Waals surface area contributed by atoms with Crippen molar-refractivity contribution in [2.75, 3.05) is 19.5 Å². The molecule has 0 saturated carbocycles. The van der Waals surface area contributed by atoms with Gasteiger partial charge in [-0.15, -0.1) is 0 Å². The standard InChI is InChI=1S/C20H21N5O2S/c1-13(14-4-6-17-18(10-14)28-20(26)24(17)12-27-3)16-8-9-25(23-16)19-7-5-15(21-2)11-22-19/h4-11,13,21H,12H2,1-3H3. The van der Waals surface area contributed by atoms with Crippen LogP contribution in [0.15, 0.2) is 53.6 Å². The second-order valence-corrected chi connectivity index (χ2v) is 7.50. The highest BCUT2D eigenvalue weighted by Crippen LogP contribution is 2.28. The number of anilines is 1. The molecule has 144 valence electrons. The summed E-state index contributed by atoms with van der Waals surface area (Å²) in [7, 11) is 3.45. The fourth-order valence-electron chi connectivity index (χ4n) is 3.14. The number of rotatable bonds is 6. The molecule has 4 aromatic rings. The van der Waals surface area contributed by atoms with Gasteiger partial charge in [0.1, 0.15) is 6.73 Å². The highest BCUT2D eigenvalue weighted by atomic mass is 32.1. The Labute approximate surface area is 166 Å². The predicted molar refractivity (Wildman–Crippen MR) is 112 cm³/mol. The maximum absolute atomic E-state index is 12.2. The third kappa shape index (κ3) is 3.32. The highest BCUT2D eigenvalue weighted by Gasteiger charge is 2.15. The maximum atomic E-state index is 12.2. The summed E-state index contributed by atoms with van der Waals surface area (Å²) in [5, 5.41) is 7.75. The lowest BCUT2D eigenvalue weighted by Gasteiger charge is -2.10. The summed E-state index contributed by atoms with van der Waals surface area (Å²) in [5.41, 5.74) is 3.91. The fourth-order valence-corrected chi connectivity index (χ4v) is 4.07. The second-order valence-electron chi connectivity index (χ2n) is 6.50. The SMILES string of the molecule is CNc1ccc(-n2ccc(C(C)c3ccc4c(c3)sc(=O)n4COC)n2)nc1. The van der Waals surface area contributed by atoms with Gasteiger partial charge in [0, 0.05) is 26.3 Å². The first kappa shape index (κ1) is 18.4. The Kier molecular flexibility index (Phi) is 4.97. The van der Waals surface area contributed by atoms with Crippen LogP contribution in [0.1, 0.15) is 24.1 Å². The average Bonchev–Trinajstić information content (AvgIpc) is 3.33. The molecule has 28 heavy (non-hydrogen) atoms. The van der Waals surface area contributed by atoms with E-state index in [1.165, 1.54) is 11.3 Å². The quantitative estimate of drug-likeness (QED) is 0.541. The highest BCUT2D eigenvalue weighted by molar-refractivity contribution is 7.16. The van der Waals surface area contributed by atoms with E-state index in [9.17, 15) is 4.79 Å². The lowest BCUT2D eigenvalue weighted by atomic mass is 9.98. The number of methoxy groups -OCH3 is 1.